The van der Waals surface area contributed by atoms with Gasteiger partial charge in [0.1, 0.15) is 0 Å². The quantitative estimate of drug-likeness (QED) is 0.369. The van der Waals surface area contributed by atoms with Gasteiger partial charge in [-0.3, -0.25) is 9.89 Å². The van der Waals surface area contributed by atoms with E-state index in [0.29, 0.717) is 17.9 Å². The zero-order valence-electron chi connectivity index (χ0n) is 15.2. The fourth-order valence-electron chi connectivity index (χ4n) is 3.12. The lowest BCUT2D eigenvalue weighted by molar-refractivity contribution is 0.113. The molecular weight excluding hydrogens is 431 g/mol. The van der Waals surface area contributed by atoms with E-state index in [-0.39, 0.29) is 24.0 Å². The first-order valence-electron chi connectivity index (χ1n) is 8.86. The molecule has 0 spiro atoms. The van der Waals surface area contributed by atoms with Gasteiger partial charge in [-0.1, -0.05) is 26.8 Å². The molecule has 3 N–H and O–H groups in total. The van der Waals surface area contributed by atoms with Crippen molar-refractivity contribution >= 4 is 41.3 Å². The van der Waals surface area contributed by atoms with Crippen LogP contribution in [0.3, 0.4) is 0 Å². The van der Waals surface area contributed by atoms with Crippen LogP contribution in [0.2, 0.25) is 0 Å². The van der Waals surface area contributed by atoms with Crippen molar-refractivity contribution in [3.05, 3.63) is 22.4 Å². The number of likely N-dealkylation sites (tertiary alicyclic amines) is 1. The third-order valence-electron chi connectivity index (χ3n) is 4.76. The SMILES string of the molecule is CC1CCN(C(CN=C(N)NCCc2cccs2)C(C)C)CC1.I. The van der Waals surface area contributed by atoms with E-state index in [4.69, 9.17) is 5.73 Å². The van der Waals surface area contributed by atoms with Crippen LogP contribution in [0, 0.1) is 11.8 Å². The summed E-state index contributed by atoms with van der Waals surface area (Å²) in [6.45, 7) is 11.0. The number of aliphatic imine (C=N–C) groups is 1. The van der Waals surface area contributed by atoms with E-state index < -0.39 is 0 Å². The maximum Gasteiger partial charge on any atom is 0.188 e. The van der Waals surface area contributed by atoms with Gasteiger partial charge < -0.3 is 11.1 Å². The maximum absolute atomic E-state index is 6.04. The highest BCUT2D eigenvalue weighted by Crippen LogP contribution is 2.21. The summed E-state index contributed by atoms with van der Waals surface area (Å²) < 4.78 is 0. The predicted octanol–water partition coefficient (Wildman–Crippen LogP) is 3.57. The van der Waals surface area contributed by atoms with E-state index in [1.807, 2.05) is 0 Å². The zero-order chi connectivity index (χ0) is 16.7. The largest absolute Gasteiger partial charge is 0.370 e. The van der Waals surface area contributed by atoms with Gasteiger partial charge in [0.2, 0.25) is 0 Å². The highest BCUT2D eigenvalue weighted by Gasteiger charge is 2.25. The first-order valence-corrected chi connectivity index (χ1v) is 9.74. The minimum absolute atomic E-state index is 0. The molecule has 2 heterocycles. The Bertz CT molecular complexity index is 467. The van der Waals surface area contributed by atoms with Crippen molar-refractivity contribution in [2.24, 2.45) is 22.6 Å². The van der Waals surface area contributed by atoms with Crippen molar-refractivity contribution in [1.82, 2.24) is 10.2 Å². The molecular formula is C18H33IN4S. The summed E-state index contributed by atoms with van der Waals surface area (Å²) in [5.74, 6) is 2.05. The molecule has 0 bridgehead atoms. The van der Waals surface area contributed by atoms with Gasteiger partial charge in [0.25, 0.3) is 0 Å². The first-order chi connectivity index (χ1) is 11.1. The average molecular weight is 464 g/mol. The van der Waals surface area contributed by atoms with E-state index >= 15 is 0 Å². The topological polar surface area (TPSA) is 53.6 Å². The van der Waals surface area contributed by atoms with Gasteiger partial charge >= 0.3 is 0 Å². The second kappa shape index (κ2) is 11.3. The van der Waals surface area contributed by atoms with Gasteiger partial charge in [0.05, 0.1) is 6.54 Å². The molecule has 0 aromatic carbocycles. The fraction of sp³-hybridized carbons (Fsp3) is 0.722. The predicted molar refractivity (Wildman–Crippen MR) is 117 cm³/mol. The molecule has 138 valence electrons. The third-order valence-corrected chi connectivity index (χ3v) is 5.70. The van der Waals surface area contributed by atoms with Gasteiger partial charge in [0, 0.05) is 17.5 Å². The van der Waals surface area contributed by atoms with Crippen LogP contribution in [-0.4, -0.2) is 43.1 Å². The lowest BCUT2D eigenvalue weighted by atomic mass is 9.94. The van der Waals surface area contributed by atoms with Crippen LogP contribution in [0.1, 0.15) is 38.5 Å². The summed E-state index contributed by atoms with van der Waals surface area (Å²) in [7, 11) is 0. The van der Waals surface area contributed by atoms with Crippen molar-refractivity contribution in [2.75, 3.05) is 26.2 Å². The zero-order valence-corrected chi connectivity index (χ0v) is 18.3. The molecule has 1 fully saturated rings. The second-order valence-corrected chi connectivity index (χ2v) is 8.04. The summed E-state index contributed by atoms with van der Waals surface area (Å²) in [5, 5.41) is 5.35. The molecule has 1 aliphatic heterocycles. The third kappa shape index (κ3) is 7.27. The summed E-state index contributed by atoms with van der Waals surface area (Å²) >= 11 is 1.79. The summed E-state index contributed by atoms with van der Waals surface area (Å²) in [5.41, 5.74) is 6.04. The van der Waals surface area contributed by atoms with E-state index in [9.17, 15) is 0 Å². The number of nitrogens with one attached hydrogen (secondary N) is 1. The molecule has 1 unspecified atom stereocenters. The van der Waals surface area contributed by atoms with Gasteiger partial charge in [-0.25, -0.2) is 0 Å². The molecule has 0 saturated carbocycles. The number of rotatable bonds is 7. The summed E-state index contributed by atoms with van der Waals surface area (Å²) in [6.07, 6.45) is 3.62. The smallest absolute Gasteiger partial charge is 0.188 e. The summed E-state index contributed by atoms with van der Waals surface area (Å²) in [6, 6.07) is 4.75. The number of halogens is 1. The van der Waals surface area contributed by atoms with Gasteiger partial charge in [-0.2, -0.15) is 0 Å². The summed E-state index contributed by atoms with van der Waals surface area (Å²) in [4.78, 5) is 8.59. The maximum atomic E-state index is 6.04. The van der Waals surface area contributed by atoms with Crippen LogP contribution < -0.4 is 11.1 Å². The van der Waals surface area contributed by atoms with Crippen LogP contribution in [0.5, 0.6) is 0 Å². The molecule has 24 heavy (non-hydrogen) atoms. The number of guanidine groups is 1. The van der Waals surface area contributed by atoms with Crippen molar-refractivity contribution in [3.63, 3.8) is 0 Å². The highest BCUT2D eigenvalue weighted by molar-refractivity contribution is 14.0. The van der Waals surface area contributed by atoms with E-state index in [1.165, 1.54) is 30.8 Å². The lowest BCUT2D eigenvalue weighted by Gasteiger charge is -2.38. The van der Waals surface area contributed by atoms with Crippen LogP contribution in [0.15, 0.2) is 22.5 Å². The molecule has 1 aromatic rings. The molecule has 0 amide bonds. The Kier molecular flexibility index (Phi) is 10.2. The Morgan fingerprint density at radius 3 is 2.71 bits per heavy atom. The molecule has 0 aliphatic carbocycles. The minimum Gasteiger partial charge on any atom is -0.370 e. The van der Waals surface area contributed by atoms with Gasteiger partial charge in [0.15, 0.2) is 5.96 Å². The van der Waals surface area contributed by atoms with Crippen molar-refractivity contribution in [1.29, 1.82) is 0 Å². The molecule has 2 rings (SSSR count). The Balaban J connectivity index is 0.00000288. The molecule has 1 atom stereocenters. The van der Waals surface area contributed by atoms with Crippen molar-refractivity contribution < 1.29 is 0 Å². The van der Waals surface area contributed by atoms with E-state index in [0.717, 1.165) is 25.4 Å². The normalized spacial score (nSPS) is 18.4. The number of nitrogens with zero attached hydrogens (tertiary/aromatic N) is 2. The number of hydrogen-bond donors (Lipinski definition) is 2. The number of piperidine rings is 1. The monoisotopic (exact) mass is 464 g/mol. The Hall–Kier alpha value is -0.340. The fourth-order valence-corrected chi connectivity index (χ4v) is 3.83. The molecule has 4 nitrogen and oxygen atoms in total. The molecule has 1 saturated heterocycles. The van der Waals surface area contributed by atoms with Crippen molar-refractivity contribution in [2.45, 2.75) is 46.1 Å². The highest BCUT2D eigenvalue weighted by atomic mass is 127. The van der Waals surface area contributed by atoms with Crippen LogP contribution >= 0.6 is 35.3 Å². The standard InChI is InChI=1S/C18H32N4S.HI/c1-14(2)17(22-10-7-15(3)8-11-22)13-21-18(19)20-9-6-16-5-4-12-23-16;/h4-5,12,14-15,17H,6-11,13H2,1-3H3,(H3,19,20,21);1H. The Morgan fingerprint density at radius 1 is 1.42 bits per heavy atom. The first kappa shape index (κ1) is 21.7. The van der Waals surface area contributed by atoms with Crippen LogP contribution in [0.4, 0.5) is 0 Å². The Labute approximate surface area is 168 Å². The van der Waals surface area contributed by atoms with Crippen LogP contribution in [0.25, 0.3) is 0 Å². The average Bonchev–Trinajstić information content (AvgIpc) is 3.02. The second-order valence-electron chi connectivity index (χ2n) is 7.01. The lowest BCUT2D eigenvalue weighted by Crippen LogP contribution is -2.46. The Morgan fingerprint density at radius 2 is 2.12 bits per heavy atom. The number of thiophene rings is 1. The molecule has 6 heteroatoms. The number of hydrogen-bond acceptors (Lipinski definition) is 3. The van der Waals surface area contributed by atoms with E-state index in [1.54, 1.807) is 11.3 Å². The molecule has 1 aliphatic rings. The number of nitrogens with two attached hydrogens (primary N) is 1. The van der Waals surface area contributed by atoms with E-state index in [2.05, 4.69) is 53.5 Å². The van der Waals surface area contributed by atoms with Crippen LogP contribution in [-0.2, 0) is 6.42 Å². The van der Waals surface area contributed by atoms with Crippen molar-refractivity contribution in [3.8, 4) is 0 Å². The van der Waals surface area contributed by atoms with Gasteiger partial charge in [-0.15, -0.1) is 35.3 Å². The minimum atomic E-state index is 0. The van der Waals surface area contributed by atoms with Gasteiger partial charge in [-0.05, 0) is 55.6 Å². The molecule has 1 aromatic heterocycles. The molecule has 0 radical (unpaired) electrons.